The normalized spacial score (nSPS) is 15.3. The van der Waals surface area contributed by atoms with Gasteiger partial charge in [0.15, 0.2) is 0 Å². The number of hydrogen-bond acceptors (Lipinski definition) is 0. The van der Waals surface area contributed by atoms with Crippen LogP contribution >= 0.6 is 15.4 Å². The first-order valence-electron chi connectivity index (χ1n) is 8.89. The molecule has 0 nitrogen and oxygen atoms in total. The third-order valence-electron chi connectivity index (χ3n) is 4.28. The zero-order chi connectivity index (χ0) is 18.6. The van der Waals surface area contributed by atoms with Crippen molar-refractivity contribution in [2.45, 2.75) is 104 Å². The van der Waals surface area contributed by atoms with Gasteiger partial charge < -0.3 is 0 Å². The topological polar surface area (TPSA) is 0 Å². The van der Waals surface area contributed by atoms with Crippen LogP contribution in [-0.2, 0) is 0 Å². The van der Waals surface area contributed by atoms with Gasteiger partial charge in [0.2, 0.25) is 0 Å². The van der Waals surface area contributed by atoms with Gasteiger partial charge in [0.25, 0.3) is 0 Å². The standard InChI is InChI=1S/2C8H23PSi2/c2*1-8(2)11(6,7)9-10(3,4)5/h2*8-9H,1-7H3. The van der Waals surface area contributed by atoms with Crippen molar-refractivity contribution >= 4 is 46.3 Å². The average Bonchev–Trinajstić information content (AvgIpc) is 2.09. The molecule has 0 heterocycles. The lowest BCUT2D eigenvalue weighted by atomic mass is 10.6. The van der Waals surface area contributed by atoms with Gasteiger partial charge in [0.05, 0.1) is 31.0 Å². The summed E-state index contributed by atoms with van der Waals surface area (Å²) in [6.45, 7) is 34.8. The Balaban J connectivity index is 0. The van der Waals surface area contributed by atoms with Crippen molar-refractivity contribution in [1.29, 1.82) is 0 Å². The Morgan fingerprint density at radius 1 is 0.455 bits per heavy atom. The van der Waals surface area contributed by atoms with Crippen LogP contribution < -0.4 is 0 Å². The molecular formula is C16H46P2Si4. The summed E-state index contributed by atoms with van der Waals surface area (Å²) in [4.78, 5) is 0. The van der Waals surface area contributed by atoms with Gasteiger partial charge in [0.1, 0.15) is 0 Å². The monoisotopic (exact) mass is 412 g/mol. The van der Waals surface area contributed by atoms with Crippen molar-refractivity contribution in [3.63, 3.8) is 0 Å². The molecule has 6 heteroatoms. The molecule has 0 aromatic heterocycles. The molecule has 0 N–H and O–H groups in total. The molecule has 0 fully saturated rings. The van der Waals surface area contributed by atoms with Crippen molar-refractivity contribution in [2.75, 3.05) is 0 Å². The first-order chi connectivity index (χ1) is 9.30. The summed E-state index contributed by atoms with van der Waals surface area (Å²) in [6, 6.07) is 0. The first kappa shape index (κ1) is 26.0. The van der Waals surface area contributed by atoms with Crippen molar-refractivity contribution < 1.29 is 0 Å². The van der Waals surface area contributed by atoms with Gasteiger partial charge in [-0.15, -0.1) is 15.4 Å². The van der Waals surface area contributed by atoms with Crippen molar-refractivity contribution in [3.05, 3.63) is 0 Å². The van der Waals surface area contributed by atoms with Crippen LogP contribution in [0, 0.1) is 0 Å². The van der Waals surface area contributed by atoms with Gasteiger partial charge >= 0.3 is 0 Å². The highest BCUT2D eigenvalue weighted by atomic mass is 31.6. The minimum Gasteiger partial charge on any atom is -0.144 e. The Morgan fingerprint density at radius 3 is 0.682 bits per heavy atom. The SMILES string of the molecule is CC(C)[Si](C)(C)P[Si](C)(C)C.CC(C)[Si](C)(C)P[Si](C)(C)C. The summed E-state index contributed by atoms with van der Waals surface area (Å²) in [5.41, 5.74) is 1.93. The van der Waals surface area contributed by atoms with Gasteiger partial charge in [-0.05, 0) is 11.1 Å². The average molecular weight is 413 g/mol. The predicted molar refractivity (Wildman–Crippen MR) is 128 cm³/mol. The van der Waals surface area contributed by atoms with Gasteiger partial charge in [-0.3, -0.25) is 0 Å². The molecule has 0 saturated heterocycles. The number of hydrogen-bond donors (Lipinski definition) is 0. The molecule has 2 atom stereocenters. The lowest BCUT2D eigenvalue weighted by Crippen LogP contribution is -2.31. The van der Waals surface area contributed by atoms with E-state index in [0.717, 1.165) is 11.1 Å². The maximum Gasteiger partial charge on any atom is 0.0703 e. The van der Waals surface area contributed by atoms with Crippen LogP contribution in [0.2, 0.25) is 76.6 Å². The third kappa shape index (κ3) is 14.1. The molecule has 0 aromatic carbocycles. The summed E-state index contributed by atoms with van der Waals surface area (Å²) < 4.78 is 0. The Hall–Kier alpha value is 1.73. The quantitative estimate of drug-likeness (QED) is 0.304. The zero-order valence-electron chi connectivity index (χ0n) is 18.2. The molecule has 2 unspecified atom stereocenters. The molecule has 0 aromatic rings. The molecule has 0 rings (SSSR count). The highest BCUT2D eigenvalue weighted by molar-refractivity contribution is 8.07. The van der Waals surface area contributed by atoms with Gasteiger partial charge in [-0.25, -0.2) is 0 Å². The second-order valence-electron chi connectivity index (χ2n) is 10.5. The summed E-state index contributed by atoms with van der Waals surface area (Å²) in [5, 5.41) is 0. The summed E-state index contributed by atoms with van der Waals surface area (Å²) in [7, 11) is -0.532. The molecule has 0 spiro atoms. The van der Waals surface area contributed by atoms with Crippen LogP contribution in [0.3, 0.4) is 0 Å². The van der Waals surface area contributed by atoms with Crippen molar-refractivity contribution in [1.82, 2.24) is 0 Å². The molecule has 0 saturated carbocycles. The second kappa shape index (κ2) is 9.43. The van der Waals surface area contributed by atoms with E-state index in [4.69, 9.17) is 0 Å². The van der Waals surface area contributed by atoms with Crippen LogP contribution in [0.1, 0.15) is 27.7 Å². The Kier molecular flexibility index (Phi) is 11.1. The lowest BCUT2D eigenvalue weighted by Gasteiger charge is -2.33. The van der Waals surface area contributed by atoms with E-state index in [1.54, 1.807) is 0 Å². The van der Waals surface area contributed by atoms with Crippen LogP contribution in [0.4, 0.5) is 0 Å². The Bertz CT molecular complexity index is 281. The molecule has 136 valence electrons. The second-order valence-corrected chi connectivity index (χ2v) is 51.9. The first-order valence-corrected chi connectivity index (χ1v) is 28.0. The molecule has 0 amide bonds. The third-order valence-corrected chi connectivity index (χ3v) is 49.8. The van der Waals surface area contributed by atoms with Gasteiger partial charge in [-0.2, -0.15) is 0 Å². The molecular weight excluding hydrogens is 366 g/mol. The van der Waals surface area contributed by atoms with E-state index in [1.165, 1.54) is 15.4 Å². The number of rotatable bonds is 6. The summed E-state index contributed by atoms with van der Waals surface area (Å²) in [5.74, 6) is 0. The Labute approximate surface area is 150 Å². The van der Waals surface area contributed by atoms with E-state index in [1.807, 2.05) is 0 Å². The Morgan fingerprint density at radius 2 is 0.636 bits per heavy atom. The van der Waals surface area contributed by atoms with E-state index in [0.29, 0.717) is 0 Å². The maximum atomic E-state index is 2.55. The molecule has 0 aliphatic heterocycles. The summed E-state index contributed by atoms with van der Waals surface area (Å²) in [6.07, 6.45) is 0. The van der Waals surface area contributed by atoms with E-state index in [-0.39, 0.29) is 0 Å². The fraction of sp³-hybridized carbons (Fsp3) is 1.00. The van der Waals surface area contributed by atoms with Crippen LogP contribution in [0.5, 0.6) is 0 Å². The molecule has 0 aliphatic rings. The van der Waals surface area contributed by atoms with Gasteiger partial charge in [-0.1, -0.05) is 93.2 Å². The molecule has 0 radical (unpaired) electrons. The van der Waals surface area contributed by atoms with E-state index < -0.39 is 31.0 Å². The van der Waals surface area contributed by atoms with Crippen molar-refractivity contribution in [3.8, 4) is 0 Å². The fourth-order valence-electron chi connectivity index (χ4n) is 2.22. The smallest absolute Gasteiger partial charge is 0.0703 e. The lowest BCUT2D eigenvalue weighted by molar-refractivity contribution is 1.03. The minimum atomic E-state index is -0.827. The van der Waals surface area contributed by atoms with Crippen LogP contribution in [0.25, 0.3) is 0 Å². The summed E-state index contributed by atoms with van der Waals surface area (Å²) >= 11 is 0. The van der Waals surface area contributed by atoms with Gasteiger partial charge in [0, 0.05) is 0 Å². The van der Waals surface area contributed by atoms with Crippen LogP contribution in [0.15, 0.2) is 0 Å². The van der Waals surface area contributed by atoms with E-state index in [2.05, 4.69) is 93.2 Å². The molecule has 22 heavy (non-hydrogen) atoms. The van der Waals surface area contributed by atoms with E-state index in [9.17, 15) is 0 Å². The van der Waals surface area contributed by atoms with Crippen LogP contribution in [-0.4, -0.2) is 31.0 Å². The zero-order valence-corrected chi connectivity index (χ0v) is 24.2. The highest BCUT2D eigenvalue weighted by Gasteiger charge is 2.31. The molecule has 0 bridgehead atoms. The molecule has 0 aliphatic carbocycles. The largest absolute Gasteiger partial charge is 0.144 e. The fourth-order valence-corrected chi connectivity index (χ4v) is 60.0. The maximum absolute atomic E-state index is 2.55. The van der Waals surface area contributed by atoms with Crippen molar-refractivity contribution in [2.24, 2.45) is 0 Å². The van der Waals surface area contributed by atoms with E-state index >= 15 is 0 Å². The predicted octanol–water partition coefficient (Wildman–Crippen LogP) is 8.23. The highest BCUT2D eigenvalue weighted by Crippen LogP contribution is 2.44. The minimum absolute atomic E-state index is 0.766.